The predicted molar refractivity (Wildman–Crippen MR) is 96.2 cm³/mol. The number of aliphatic imine (C=N–C) groups is 1. The molecule has 1 fully saturated rings. The Morgan fingerprint density at radius 3 is 2.92 bits per heavy atom. The zero-order valence-electron chi connectivity index (χ0n) is 15.4. The molecule has 0 atom stereocenters. The van der Waals surface area contributed by atoms with Crippen molar-refractivity contribution in [2.24, 2.45) is 10.9 Å². The van der Waals surface area contributed by atoms with Crippen LogP contribution in [0.4, 0.5) is 0 Å². The van der Waals surface area contributed by atoms with Gasteiger partial charge in [0.1, 0.15) is 12.2 Å². The molecule has 7 nitrogen and oxygen atoms in total. The lowest BCUT2D eigenvalue weighted by Crippen LogP contribution is -2.40. The van der Waals surface area contributed by atoms with Gasteiger partial charge in [-0.2, -0.15) is 0 Å². The fourth-order valence-corrected chi connectivity index (χ4v) is 2.99. The van der Waals surface area contributed by atoms with Gasteiger partial charge in [-0.1, -0.05) is 6.92 Å². The number of aromatic nitrogens is 3. The molecule has 1 saturated heterocycles. The fraction of sp³-hybridized carbons (Fsp3) is 0.824. The van der Waals surface area contributed by atoms with Crippen LogP contribution in [-0.4, -0.2) is 65.5 Å². The Hall–Kier alpha value is -1.63. The minimum absolute atomic E-state index is 0.731. The van der Waals surface area contributed by atoms with Gasteiger partial charge in [0.15, 0.2) is 5.96 Å². The van der Waals surface area contributed by atoms with Crippen molar-refractivity contribution >= 4 is 5.96 Å². The van der Waals surface area contributed by atoms with Crippen molar-refractivity contribution in [2.75, 3.05) is 39.9 Å². The summed E-state index contributed by atoms with van der Waals surface area (Å²) in [5, 5.41) is 11.5. The number of hydrogen-bond donors (Lipinski definition) is 1. The van der Waals surface area contributed by atoms with Crippen LogP contribution in [0.15, 0.2) is 11.3 Å². The Bertz CT molecular complexity index is 495. The monoisotopic (exact) mass is 336 g/mol. The van der Waals surface area contributed by atoms with E-state index in [2.05, 4.69) is 45.9 Å². The number of hydrogen-bond acceptors (Lipinski definition) is 4. The first-order valence-corrected chi connectivity index (χ1v) is 9.18. The number of nitrogens with zero attached hydrogens (tertiary/aromatic N) is 5. The summed E-state index contributed by atoms with van der Waals surface area (Å²) in [6.45, 7) is 9.50. The van der Waals surface area contributed by atoms with Crippen LogP contribution in [0.5, 0.6) is 0 Å². The van der Waals surface area contributed by atoms with E-state index in [-0.39, 0.29) is 0 Å². The van der Waals surface area contributed by atoms with E-state index in [4.69, 9.17) is 9.73 Å². The predicted octanol–water partition coefficient (Wildman–Crippen LogP) is 1.55. The maximum absolute atomic E-state index is 5.44. The first-order chi connectivity index (χ1) is 11.7. The van der Waals surface area contributed by atoms with E-state index >= 15 is 0 Å². The number of guanidine groups is 1. The molecule has 24 heavy (non-hydrogen) atoms. The second-order valence-corrected chi connectivity index (χ2v) is 6.30. The molecule has 136 valence electrons. The Kier molecular flexibility index (Phi) is 8.01. The maximum Gasteiger partial charge on any atom is 0.193 e. The Balaban J connectivity index is 1.82. The number of rotatable bonds is 8. The minimum atomic E-state index is 0.731. The highest BCUT2D eigenvalue weighted by Crippen LogP contribution is 2.18. The van der Waals surface area contributed by atoms with Crippen LogP contribution >= 0.6 is 0 Å². The quantitative estimate of drug-likeness (QED) is 0.576. The van der Waals surface area contributed by atoms with E-state index in [1.165, 1.54) is 19.3 Å². The number of aryl methyl sites for hydroxylation is 1. The summed E-state index contributed by atoms with van der Waals surface area (Å²) in [7, 11) is 2.12. The van der Waals surface area contributed by atoms with Gasteiger partial charge in [-0.25, -0.2) is 0 Å². The molecule has 7 heteroatoms. The van der Waals surface area contributed by atoms with E-state index in [1.807, 2.05) is 0 Å². The van der Waals surface area contributed by atoms with Gasteiger partial charge >= 0.3 is 0 Å². The molecule has 0 unspecified atom stereocenters. The van der Waals surface area contributed by atoms with Gasteiger partial charge in [-0.15, -0.1) is 10.2 Å². The van der Waals surface area contributed by atoms with Crippen molar-refractivity contribution in [3.05, 3.63) is 12.2 Å². The summed E-state index contributed by atoms with van der Waals surface area (Å²) in [5.74, 6) is 2.78. The highest BCUT2D eigenvalue weighted by molar-refractivity contribution is 5.79. The Morgan fingerprint density at radius 1 is 1.42 bits per heavy atom. The van der Waals surface area contributed by atoms with Crippen LogP contribution in [0.2, 0.25) is 0 Å². The van der Waals surface area contributed by atoms with Gasteiger partial charge < -0.3 is 19.5 Å². The third kappa shape index (κ3) is 5.78. The van der Waals surface area contributed by atoms with Crippen LogP contribution in [0.25, 0.3) is 0 Å². The van der Waals surface area contributed by atoms with Crippen molar-refractivity contribution < 1.29 is 4.74 Å². The molecule has 1 N–H and O–H groups in total. The summed E-state index contributed by atoms with van der Waals surface area (Å²) in [6.07, 6.45) is 6.27. The number of ether oxygens (including phenoxy) is 1. The topological polar surface area (TPSA) is 67.6 Å². The highest BCUT2D eigenvalue weighted by atomic mass is 16.5. The first kappa shape index (κ1) is 18.7. The normalized spacial score (nSPS) is 16.4. The molecule has 0 aliphatic carbocycles. The summed E-state index contributed by atoms with van der Waals surface area (Å²) in [5.41, 5.74) is 0. The Labute approximate surface area is 145 Å². The van der Waals surface area contributed by atoms with E-state index in [0.29, 0.717) is 0 Å². The molecule has 1 aliphatic heterocycles. The van der Waals surface area contributed by atoms with Crippen molar-refractivity contribution in [1.82, 2.24) is 25.0 Å². The highest BCUT2D eigenvalue weighted by Gasteiger charge is 2.15. The molecular weight excluding hydrogens is 304 g/mol. The van der Waals surface area contributed by atoms with E-state index in [9.17, 15) is 0 Å². The van der Waals surface area contributed by atoms with Crippen LogP contribution in [0.3, 0.4) is 0 Å². The van der Waals surface area contributed by atoms with Crippen molar-refractivity contribution in [1.29, 1.82) is 0 Å². The van der Waals surface area contributed by atoms with E-state index in [0.717, 1.165) is 63.5 Å². The Morgan fingerprint density at radius 2 is 2.21 bits per heavy atom. The summed E-state index contributed by atoms with van der Waals surface area (Å²) < 4.78 is 7.52. The van der Waals surface area contributed by atoms with Gasteiger partial charge in [0.25, 0.3) is 0 Å². The second kappa shape index (κ2) is 10.3. The van der Waals surface area contributed by atoms with Crippen LogP contribution < -0.4 is 5.32 Å². The summed E-state index contributed by atoms with van der Waals surface area (Å²) in [6, 6.07) is 0. The fourth-order valence-electron chi connectivity index (χ4n) is 2.99. The molecule has 0 bridgehead atoms. The van der Waals surface area contributed by atoms with E-state index in [1.54, 1.807) is 6.33 Å². The van der Waals surface area contributed by atoms with Crippen molar-refractivity contribution in [2.45, 2.75) is 46.1 Å². The zero-order valence-corrected chi connectivity index (χ0v) is 15.4. The molecule has 2 heterocycles. The smallest absolute Gasteiger partial charge is 0.193 e. The van der Waals surface area contributed by atoms with Crippen molar-refractivity contribution in [3.8, 4) is 0 Å². The second-order valence-electron chi connectivity index (χ2n) is 6.30. The zero-order chi connectivity index (χ0) is 17.2. The van der Waals surface area contributed by atoms with Gasteiger partial charge in [0, 0.05) is 46.3 Å². The number of nitrogens with one attached hydrogen (secondary N) is 1. The first-order valence-electron chi connectivity index (χ1n) is 9.18. The molecule has 0 amide bonds. The average Bonchev–Trinajstić information content (AvgIpc) is 3.07. The lowest BCUT2D eigenvalue weighted by Gasteiger charge is -2.26. The SMILES string of the molecule is CCNC(=NCCn1cnnc1CC)N(C)CCC1CCOCC1. The van der Waals surface area contributed by atoms with Gasteiger partial charge in [0.05, 0.1) is 6.54 Å². The lowest BCUT2D eigenvalue weighted by molar-refractivity contribution is 0.0625. The molecule has 1 aromatic rings. The lowest BCUT2D eigenvalue weighted by atomic mass is 9.96. The molecule has 1 aromatic heterocycles. The van der Waals surface area contributed by atoms with Crippen LogP contribution in [0, 0.1) is 5.92 Å². The third-order valence-electron chi connectivity index (χ3n) is 4.52. The average molecular weight is 336 g/mol. The van der Waals surface area contributed by atoms with Gasteiger partial charge in [-0.3, -0.25) is 4.99 Å². The summed E-state index contributed by atoms with van der Waals surface area (Å²) >= 11 is 0. The molecule has 0 saturated carbocycles. The largest absolute Gasteiger partial charge is 0.381 e. The standard InChI is InChI=1S/C17H32N6O/c1-4-16-21-20-14-23(16)11-9-19-17(18-5-2)22(3)10-6-15-7-12-24-13-8-15/h14-15H,4-13H2,1-3H3,(H,18,19). The molecule has 0 spiro atoms. The maximum atomic E-state index is 5.44. The van der Waals surface area contributed by atoms with Crippen LogP contribution in [-0.2, 0) is 17.7 Å². The molecule has 0 aromatic carbocycles. The van der Waals surface area contributed by atoms with Gasteiger partial charge in [-0.05, 0) is 32.1 Å². The van der Waals surface area contributed by atoms with Crippen LogP contribution in [0.1, 0.15) is 38.9 Å². The van der Waals surface area contributed by atoms with E-state index < -0.39 is 0 Å². The summed E-state index contributed by atoms with van der Waals surface area (Å²) in [4.78, 5) is 7.00. The van der Waals surface area contributed by atoms with Gasteiger partial charge in [0.2, 0.25) is 0 Å². The molecule has 0 radical (unpaired) electrons. The third-order valence-corrected chi connectivity index (χ3v) is 4.52. The molecular formula is C17H32N6O. The van der Waals surface area contributed by atoms with Crippen molar-refractivity contribution in [3.63, 3.8) is 0 Å². The molecule has 1 aliphatic rings. The minimum Gasteiger partial charge on any atom is -0.381 e. The molecule has 2 rings (SSSR count).